The number of halogens is 1. The number of benzene rings is 1. The van der Waals surface area contributed by atoms with Crippen molar-refractivity contribution in [2.45, 2.75) is 31.6 Å². The molecule has 21 heavy (non-hydrogen) atoms. The number of carbonyl (C=O) groups excluding carboxylic acids is 1. The third kappa shape index (κ3) is 3.38. The predicted molar refractivity (Wildman–Crippen MR) is 92.6 cm³/mol. The zero-order chi connectivity index (χ0) is 14.7. The Hall–Kier alpha value is -1.13. The van der Waals surface area contributed by atoms with Crippen molar-refractivity contribution in [3.63, 3.8) is 0 Å². The van der Waals surface area contributed by atoms with Crippen molar-refractivity contribution in [1.29, 1.82) is 0 Å². The molecular weight excluding hydrogens is 346 g/mol. The van der Waals surface area contributed by atoms with Crippen LogP contribution in [0.4, 0.5) is 5.69 Å². The lowest BCUT2D eigenvalue weighted by atomic mass is 9.87. The number of hydrogen-bond donors (Lipinski definition) is 1. The Morgan fingerprint density at radius 2 is 2.10 bits per heavy atom. The number of alkyl halides is 1. The zero-order valence-corrected chi connectivity index (χ0v) is 14.2. The van der Waals surface area contributed by atoms with Gasteiger partial charge in [0.2, 0.25) is 5.91 Å². The highest BCUT2D eigenvalue weighted by Gasteiger charge is 2.27. The van der Waals surface area contributed by atoms with Crippen LogP contribution in [-0.2, 0) is 17.6 Å². The Kier molecular flexibility index (Phi) is 4.76. The number of anilines is 1. The summed E-state index contributed by atoms with van der Waals surface area (Å²) in [5, 5.41) is 6.13. The van der Waals surface area contributed by atoms with Crippen LogP contribution in [0, 0.1) is 0 Å². The normalized spacial score (nSPS) is 17.3. The van der Waals surface area contributed by atoms with E-state index in [0.717, 1.165) is 36.7 Å². The zero-order valence-electron chi connectivity index (χ0n) is 11.8. The molecule has 0 spiro atoms. The lowest BCUT2D eigenvalue weighted by molar-refractivity contribution is -0.117. The SMILES string of the molecule is O=C(Nc1ccc(CCBr)cc1)C1CCCc2sccc21. The first-order chi connectivity index (χ1) is 10.3. The molecule has 2 nitrogen and oxygen atoms in total. The summed E-state index contributed by atoms with van der Waals surface area (Å²) in [7, 11) is 0. The van der Waals surface area contributed by atoms with Gasteiger partial charge in [0.25, 0.3) is 0 Å². The second kappa shape index (κ2) is 6.75. The molecule has 0 saturated heterocycles. The van der Waals surface area contributed by atoms with E-state index in [1.165, 1.54) is 16.0 Å². The van der Waals surface area contributed by atoms with Gasteiger partial charge in [-0.15, -0.1) is 11.3 Å². The lowest BCUT2D eigenvalue weighted by Gasteiger charge is -2.21. The summed E-state index contributed by atoms with van der Waals surface area (Å²) in [6.45, 7) is 0. The van der Waals surface area contributed by atoms with E-state index >= 15 is 0 Å². The maximum atomic E-state index is 12.5. The molecule has 0 fully saturated rings. The second-order valence-electron chi connectivity index (χ2n) is 5.37. The Bertz CT molecular complexity index is 620. The van der Waals surface area contributed by atoms with Gasteiger partial charge in [-0.05, 0) is 60.4 Å². The van der Waals surface area contributed by atoms with Gasteiger partial charge in [0.05, 0.1) is 5.92 Å². The van der Waals surface area contributed by atoms with Crippen LogP contribution >= 0.6 is 27.3 Å². The summed E-state index contributed by atoms with van der Waals surface area (Å²) >= 11 is 5.22. The number of amides is 1. The van der Waals surface area contributed by atoms with Crippen molar-refractivity contribution >= 4 is 38.9 Å². The molecule has 1 heterocycles. The van der Waals surface area contributed by atoms with Gasteiger partial charge in [-0.2, -0.15) is 0 Å². The Morgan fingerprint density at radius 1 is 1.29 bits per heavy atom. The molecule has 0 radical (unpaired) electrons. The maximum absolute atomic E-state index is 12.5. The van der Waals surface area contributed by atoms with Crippen molar-refractivity contribution in [2.24, 2.45) is 0 Å². The van der Waals surface area contributed by atoms with E-state index in [1.54, 1.807) is 11.3 Å². The van der Waals surface area contributed by atoms with Crippen molar-refractivity contribution in [1.82, 2.24) is 0 Å². The minimum atomic E-state index is 0.0159. The average Bonchev–Trinajstić information content (AvgIpc) is 2.98. The molecule has 1 atom stereocenters. The van der Waals surface area contributed by atoms with E-state index in [2.05, 4.69) is 44.8 Å². The first-order valence-electron chi connectivity index (χ1n) is 7.30. The van der Waals surface area contributed by atoms with Crippen LogP contribution < -0.4 is 5.32 Å². The second-order valence-corrected chi connectivity index (χ2v) is 7.16. The number of thiophene rings is 1. The number of carbonyl (C=O) groups is 1. The highest BCUT2D eigenvalue weighted by molar-refractivity contribution is 9.09. The van der Waals surface area contributed by atoms with Gasteiger partial charge in [0.1, 0.15) is 0 Å². The smallest absolute Gasteiger partial charge is 0.231 e. The summed E-state index contributed by atoms with van der Waals surface area (Å²) in [4.78, 5) is 13.9. The number of hydrogen-bond acceptors (Lipinski definition) is 2. The molecule has 0 saturated carbocycles. The summed E-state index contributed by atoms with van der Waals surface area (Å²) in [6.07, 6.45) is 4.19. The van der Waals surface area contributed by atoms with Crippen LogP contribution in [0.15, 0.2) is 35.7 Å². The van der Waals surface area contributed by atoms with Crippen LogP contribution in [0.1, 0.15) is 34.8 Å². The largest absolute Gasteiger partial charge is 0.326 e. The van der Waals surface area contributed by atoms with Crippen LogP contribution in [0.2, 0.25) is 0 Å². The van der Waals surface area contributed by atoms with Crippen LogP contribution in [0.3, 0.4) is 0 Å². The molecule has 1 aliphatic rings. The van der Waals surface area contributed by atoms with E-state index in [4.69, 9.17) is 0 Å². The molecule has 1 amide bonds. The Balaban J connectivity index is 1.70. The molecule has 1 aliphatic carbocycles. The Labute approximate surface area is 137 Å². The molecule has 2 aromatic rings. The van der Waals surface area contributed by atoms with Gasteiger partial charge in [0.15, 0.2) is 0 Å². The van der Waals surface area contributed by atoms with Gasteiger partial charge < -0.3 is 5.32 Å². The monoisotopic (exact) mass is 363 g/mol. The lowest BCUT2D eigenvalue weighted by Crippen LogP contribution is -2.23. The summed E-state index contributed by atoms with van der Waals surface area (Å²) in [5.41, 5.74) is 3.41. The van der Waals surface area contributed by atoms with Crippen molar-refractivity contribution in [3.05, 3.63) is 51.7 Å². The molecule has 1 unspecified atom stereocenters. The van der Waals surface area contributed by atoms with E-state index in [0.29, 0.717) is 0 Å². The number of fused-ring (bicyclic) bond motifs is 1. The van der Waals surface area contributed by atoms with E-state index in [1.807, 2.05) is 12.1 Å². The number of rotatable bonds is 4. The van der Waals surface area contributed by atoms with Crippen molar-refractivity contribution in [2.75, 3.05) is 10.6 Å². The van der Waals surface area contributed by atoms with Crippen LogP contribution in [0.5, 0.6) is 0 Å². The van der Waals surface area contributed by atoms with Crippen LogP contribution in [0.25, 0.3) is 0 Å². The fourth-order valence-corrected chi connectivity index (χ4v) is 4.30. The first-order valence-corrected chi connectivity index (χ1v) is 9.30. The highest BCUT2D eigenvalue weighted by atomic mass is 79.9. The van der Waals surface area contributed by atoms with E-state index < -0.39 is 0 Å². The minimum Gasteiger partial charge on any atom is -0.326 e. The maximum Gasteiger partial charge on any atom is 0.231 e. The topological polar surface area (TPSA) is 29.1 Å². The average molecular weight is 364 g/mol. The molecule has 1 aromatic heterocycles. The van der Waals surface area contributed by atoms with Crippen molar-refractivity contribution < 1.29 is 4.79 Å². The van der Waals surface area contributed by atoms with Crippen molar-refractivity contribution in [3.8, 4) is 0 Å². The van der Waals surface area contributed by atoms with E-state index in [9.17, 15) is 4.79 Å². The van der Waals surface area contributed by atoms with Gasteiger partial charge >= 0.3 is 0 Å². The molecule has 0 aliphatic heterocycles. The molecule has 4 heteroatoms. The quantitative estimate of drug-likeness (QED) is 0.780. The summed E-state index contributed by atoms with van der Waals surface area (Å²) < 4.78 is 0. The number of aryl methyl sites for hydroxylation is 2. The molecule has 3 rings (SSSR count). The number of nitrogens with one attached hydrogen (secondary N) is 1. The van der Waals surface area contributed by atoms with Gasteiger partial charge in [0, 0.05) is 15.9 Å². The fourth-order valence-electron chi connectivity index (χ4n) is 2.85. The predicted octanol–water partition coefficient (Wildman–Crippen LogP) is 4.74. The summed E-state index contributed by atoms with van der Waals surface area (Å²) in [5.74, 6) is 0.143. The van der Waals surface area contributed by atoms with Gasteiger partial charge in [-0.3, -0.25) is 4.79 Å². The molecule has 1 aromatic carbocycles. The third-order valence-electron chi connectivity index (χ3n) is 3.97. The third-order valence-corrected chi connectivity index (χ3v) is 5.37. The van der Waals surface area contributed by atoms with Crippen LogP contribution in [-0.4, -0.2) is 11.2 Å². The van der Waals surface area contributed by atoms with E-state index in [-0.39, 0.29) is 11.8 Å². The van der Waals surface area contributed by atoms with Gasteiger partial charge in [-0.1, -0.05) is 28.1 Å². The molecule has 110 valence electrons. The highest BCUT2D eigenvalue weighted by Crippen LogP contribution is 2.35. The fraction of sp³-hybridized carbons (Fsp3) is 0.353. The first kappa shape index (κ1) is 14.8. The minimum absolute atomic E-state index is 0.0159. The molecule has 0 bridgehead atoms. The standard InChI is InChI=1S/C17H18BrNOS/c18-10-8-12-4-6-13(7-5-12)19-17(20)15-2-1-3-16-14(15)9-11-21-16/h4-7,9,11,15H,1-3,8,10H2,(H,19,20). The molecule has 1 N–H and O–H groups in total. The Morgan fingerprint density at radius 3 is 2.86 bits per heavy atom. The van der Waals surface area contributed by atoms with Gasteiger partial charge in [-0.25, -0.2) is 0 Å². The summed E-state index contributed by atoms with van der Waals surface area (Å²) in [6, 6.07) is 10.3. The molecular formula is C17H18BrNOS.